The Morgan fingerprint density at radius 1 is 1.42 bits per heavy atom. The molecule has 104 valence electrons. The summed E-state index contributed by atoms with van der Waals surface area (Å²) >= 11 is 12.1. The third-order valence-corrected chi connectivity index (χ3v) is 3.16. The van der Waals surface area contributed by atoms with Crippen LogP contribution in [0, 0.1) is 0 Å². The molecule has 0 radical (unpaired) electrons. The van der Waals surface area contributed by atoms with Crippen LogP contribution < -0.4 is 18.1 Å². The van der Waals surface area contributed by atoms with Gasteiger partial charge in [0.2, 0.25) is 0 Å². The zero-order valence-corrected chi connectivity index (χ0v) is 12.5. The molecular formula is C12H13Cl3N2O2. The van der Waals surface area contributed by atoms with Gasteiger partial charge < -0.3 is 27.9 Å². The number of carbonyl (C=O) groups excluding carboxylic acids is 1. The number of carbonyl (C=O) groups is 1. The summed E-state index contributed by atoms with van der Waals surface area (Å²) in [6.45, 7) is 2.52. The molecule has 1 aromatic carbocycles. The number of fused-ring (bicyclic) bond motifs is 1. The number of nitrogens with one attached hydrogen (secondary N) is 1. The van der Waals surface area contributed by atoms with E-state index in [9.17, 15) is 4.79 Å². The molecule has 0 amide bonds. The summed E-state index contributed by atoms with van der Waals surface area (Å²) in [5.41, 5.74) is 5.69. The number of benzene rings is 1. The van der Waals surface area contributed by atoms with Gasteiger partial charge in [-0.05, 0) is 19.1 Å². The first kappa shape index (κ1) is 16.1. The minimum atomic E-state index is -0.403. The number of ether oxygens (including phenoxy) is 1. The van der Waals surface area contributed by atoms with Crippen molar-refractivity contribution < 1.29 is 27.7 Å². The Kier molecular flexibility index (Phi) is 5.50. The molecule has 0 unspecified atom stereocenters. The van der Waals surface area contributed by atoms with Crippen molar-refractivity contribution in [1.29, 1.82) is 0 Å². The molecule has 19 heavy (non-hydrogen) atoms. The second kappa shape index (κ2) is 6.48. The summed E-state index contributed by atoms with van der Waals surface area (Å²) in [7, 11) is 0. The van der Waals surface area contributed by atoms with E-state index in [0.717, 1.165) is 10.9 Å². The van der Waals surface area contributed by atoms with Crippen molar-refractivity contribution in [2.45, 2.75) is 13.5 Å². The van der Waals surface area contributed by atoms with Crippen molar-refractivity contribution in [1.82, 2.24) is 4.98 Å². The first-order chi connectivity index (χ1) is 8.58. The molecule has 7 heteroatoms. The van der Waals surface area contributed by atoms with E-state index in [1.807, 2.05) is 0 Å². The van der Waals surface area contributed by atoms with E-state index < -0.39 is 5.97 Å². The molecule has 4 N–H and O–H groups in total. The van der Waals surface area contributed by atoms with E-state index in [2.05, 4.69) is 10.7 Å². The lowest BCUT2D eigenvalue weighted by Gasteiger charge is -2.01. The number of hydrogen-bond donors (Lipinski definition) is 2. The Labute approximate surface area is 126 Å². The van der Waals surface area contributed by atoms with Crippen LogP contribution in [-0.4, -0.2) is 17.6 Å². The zero-order valence-electron chi connectivity index (χ0n) is 10.2. The van der Waals surface area contributed by atoms with Crippen LogP contribution in [0.3, 0.4) is 0 Å². The molecule has 0 spiro atoms. The largest absolute Gasteiger partial charge is 1.00 e. The average molecular weight is 324 g/mol. The van der Waals surface area contributed by atoms with Gasteiger partial charge >= 0.3 is 5.97 Å². The van der Waals surface area contributed by atoms with Crippen LogP contribution in [0.4, 0.5) is 0 Å². The van der Waals surface area contributed by atoms with E-state index in [-0.39, 0.29) is 12.4 Å². The van der Waals surface area contributed by atoms with Crippen molar-refractivity contribution in [3.05, 3.63) is 33.4 Å². The minimum absolute atomic E-state index is 0. The highest BCUT2D eigenvalue weighted by atomic mass is 35.5. The summed E-state index contributed by atoms with van der Waals surface area (Å²) in [5, 5.41) is 1.79. The van der Waals surface area contributed by atoms with Crippen LogP contribution in [0.25, 0.3) is 10.9 Å². The fraction of sp³-hybridized carbons (Fsp3) is 0.250. The molecule has 2 aromatic rings. The third kappa shape index (κ3) is 2.98. The van der Waals surface area contributed by atoms with Gasteiger partial charge in [-0.1, -0.05) is 23.2 Å². The van der Waals surface area contributed by atoms with Crippen LogP contribution in [0.15, 0.2) is 12.1 Å². The fourth-order valence-electron chi connectivity index (χ4n) is 1.94. The summed E-state index contributed by atoms with van der Waals surface area (Å²) in [5.74, 6) is -0.403. The van der Waals surface area contributed by atoms with Gasteiger partial charge in [-0.2, -0.15) is 0 Å². The van der Waals surface area contributed by atoms with Crippen LogP contribution in [0.1, 0.15) is 23.0 Å². The second-order valence-electron chi connectivity index (χ2n) is 3.76. The highest BCUT2D eigenvalue weighted by Gasteiger charge is 2.21. The zero-order chi connectivity index (χ0) is 13.3. The van der Waals surface area contributed by atoms with E-state index in [4.69, 9.17) is 27.9 Å². The van der Waals surface area contributed by atoms with E-state index in [1.54, 1.807) is 19.1 Å². The standard InChI is InChI=1S/C12H12Cl2N2O2.ClH/c1-2-18-12(17)11-7(5-15)10-8(14)3-6(13)4-9(10)16-11;/h3-4,16H,2,5,15H2,1H3;1H. The predicted molar refractivity (Wildman–Crippen MR) is 70.9 cm³/mol. The molecule has 0 atom stereocenters. The average Bonchev–Trinajstić information content (AvgIpc) is 2.67. The first-order valence-electron chi connectivity index (χ1n) is 5.54. The Bertz CT molecular complexity index is 611. The molecule has 2 rings (SSSR count). The van der Waals surface area contributed by atoms with Gasteiger partial charge in [0.1, 0.15) is 12.2 Å². The number of quaternary nitrogens is 1. The number of aromatic amines is 1. The van der Waals surface area contributed by atoms with Crippen LogP contribution >= 0.6 is 23.2 Å². The Hall–Kier alpha value is -0.940. The van der Waals surface area contributed by atoms with Crippen LogP contribution in [0.5, 0.6) is 0 Å². The lowest BCUT2D eigenvalue weighted by Crippen LogP contribution is -3.00. The lowest BCUT2D eigenvalue weighted by molar-refractivity contribution is -0.386. The minimum Gasteiger partial charge on any atom is -1.00 e. The van der Waals surface area contributed by atoms with Gasteiger partial charge in [0, 0.05) is 21.5 Å². The van der Waals surface area contributed by atoms with Gasteiger partial charge in [-0.25, -0.2) is 4.79 Å². The second-order valence-corrected chi connectivity index (χ2v) is 4.60. The van der Waals surface area contributed by atoms with E-state index in [1.165, 1.54) is 0 Å². The van der Waals surface area contributed by atoms with Crippen molar-refractivity contribution in [2.24, 2.45) is 0 Å². The number of esters is 1. The van der Waals surface area contributed by atoms with Crippen molar-refractivity contribution in [3.63, 3.8) is 0 Å². The molecule has 0 saturated heterocycles. The number of hydrogen-bond acceptors (Lipinski definition) is 2. The van der Waals surface area contributed by atoms with Crippen molar-refractivity contribution in [3.8, 4) is 0 Å². The molecule has 0 saturated carbocycles. The summed E-state index contributed by atoms with van der Waals surface area (Å²) in [6, 6.07) is 3.37. The van der Waals surface area contributed by atoms with Gasteiger partial charge in [0.15, 0.2) is 0 Å². The normalized spacial score (nSPS) is 10.3. The number of rotatable bonds is 3. The monoisotopic (exact) mass is 322 g/mol. The highest BCUT2D eigenvalue weighted by Crippen LogP contribution is 2.32. The Morgan fingerprint density at radius 2 is 2.11 bits per heavy atom. The molecule has 0 fully saturated rings. The van der Waals surface area contributed by atoms with Gasteiger partial charge in [-0.3, -0.25) is 0 Å². The summed E-state index contributed by atoms with van der Waals surface area (Å²) in [4.78, 5) is 14.8. The maximum absolute atomic E-state index is 11.8. The summed E-state index contributed by atoms with van der Waals surface area (Å²) < 4.78 is 5.00. The lowest BCUT2D eigenvalue weighted by atomic mass is 10.1. The molecule has 0 bridgehead atoms. The maximum Gasteiger partial charge on any atom is 0.355 e. The summed E-state index contributed by atoms with van der Waals surface area (Å²) in [6.07, 6.45) is 0. The molecule has 0 aliphatic rings. The van der Waals surface area contributed by atoms with E-state index >= 15 is 0 Å². The molecule has 4 nitrogen and oxygen atoms in total. The molecule has 1 heterocycles. The first-order valence-corrected chi connectivity index (χ1v) is 6.30. The molecular weight excluding hydrogens is 311 g/mol. The molecule has 0 aliphatic carbocycles. The Morgan fingerprint density at radius 3 is 2.68 bits per heavy atom. The molecule has 0 aliphatic heterocycles. The van der Waals surface area contributed by atoms with Crippen LogP contribution in [0.2, 0.25) is 10.0 Å². The number of aromatic nitrogens is 1. The smallest absolute Gasteiger partial charge is 0.355 e. The quantitative estimate of drug-likeness (QED) is 0.741. The SMILES string of the molecule is CCOC(=O)c1[nH]c2cc(Cl)cc(Cl)c2c1C[NH3+].[Cl-]. The van der Waals surface area contributed by atoms with Gasteiger partial charge in [0.25, 0.3) is 0 Å². The third-order valence-electron chi connectivity index (χ3n) is 2.65. The van der Waals surface area contributed by atoms with E-state index in [0.29, 0.717) is 34.4 Å². The number of H-pyrrole nitrogens is 1. The predicted octanol–water partition coefficient (Wildman–Crippen LogP) is -0.603. The van der Waals surface area contributed by atoms with Crippen LogP contribution in [-0.2, 0) is 11.3 Å². The highest BCUT2D eigenvalue weighted by molar-refractivity contribution is 6.39. The fourth-order valence-corrected chi connectivity index (χ4v) is 2.55. The molecule has 1 aromatic heterocycles. The maximum atomic E-state index is 11.8. The van der Waals surface area contributed by atoms with Crippen molar-refractivity contribution in [2.75, 3.05) is 6.61 Å². The number of halogens is 3. The van der Waals surface area contributed by atoms with Crippen molar-refractivity contribution >= 4 is 40.1 Å². The topological polar surface area (TPSA) is 69.7 Å². The van der Waals surface area contributed by atoms with Gasteiger partial charge in [-0.15, -0.1) is 0 Å². The Balaban J connectivity index is 0.00000180. The van der Waals surface area contributed by atoms with Gasteiger partial charge in [0.05, 0.1) is 11.6 Å².